The van der Waals surface area contributed by atoms with Crippen molar-refractivity contribution in [1.82, 2.24) is 10.3 Å². The van der Waals surface area contributed by atoms with E-state index in [-0.39, 0.29) is 24.3 Å². The average molecular weight is 310 g/mol. The number of nitrogens with zero attached hydrogens (tertiary/aromatic N) is 1. The van der Waals surface area contributed by atoms with E-state index in [9.17, 15) is 9.59 Å². The zero-order valence-electron chi connectivity index (χ0n) is 11.6. The van der Waals surface area contributed by atoms with Gasteiger partial charge in [0.05, 0.1) is 5.69 Å². The van der Waals surface area contributed by atoms with Crippen molar-refractivity contribution >= 4 is 46.8 Å². The number of aromatic amines is 1. The van der Waals surface area contributed by atoms with Crippen LogP contribution in [0.25, 0.3) is 10.9 Å². The zero-order valence-corrected chi connectivity index (χ0v) is 12.4. The summed E-state index contributed by atoms with van der Waals surface area (Å²) in [6, 6.07) is 7.02. The van der Waals surface area contributed by atoms with Crippen LogP contribution in [0.5, 0.6) is 0 Å². The first-order chi connectivity index (χ1) is 9.51. The Morgan fingerprint density at radius 3 is 2.67 bits per heavy atom. The van der Waals surface area contributed by atoms with Crippen LogP contribution in [0.1, 0.15) is 17.4 Å². The van der Waals surface area contributed by atoms with Gasteiger partial charge in [0, 0.05) is 24.9 Å². The number of nitrogens with two attached hydrogens (primary N) is 1. The van der Waals surface area contributed by atoms with E-state index in [0.717, 1.165) is 10.9 Å². The van der Waals surface area contributed by atoms with Crippen molar-refractivity contribution in [3.8, 4) is 0 Å². The molecule has 5 N–H and O–H groups in total. The molecule has 0 radical (unpaired) electrons. The first kappa shape index (κ1) is 16.5. The van der Waals surface area contributed by atoms with E-state index < -0.39 is 5.91 Å². The Bertz CT molecular complexity index is 708. The molecule has 112 valence electrons. The molecule has 0 unspecified atom stereocenters. The van der Waals surface area contributed by atoms with Gasteiger partial charge in [0.1, 0.15) is 5.69 Å². The number of nitrogens with one attached hydrogen (secondary N) is 3. The fraction of sp³-hybridized carbons (Fsp3) is 0.154. The molecule has 0 aliphatic heterocycles. The monoisotopic (exact) mass is 309 g/mol. The Morgan fingerprint density at radius 1 is 1.33 bits per heavy atom. The van der Waals surface area contributed by atoms with Gasteiger partial charge in [0.2, 0.25) is 5.91 Å². The van der Waals surface area contributed by atoms with E-state index in [1.165, 1.54) is 14.0 Å². The van der Waals surface area contributed by atoms with Crippen LogP contribution in [0, 0.1) is 0 Å². The maximum Gasteiger partial charge on any atom is 0.274 e. The van der Waals surface area contributed by atoms with Crippen molar-refractivity contribution in [2.75, 3.05) is 12.4 Å². The summed E-state index contributed by atoms with van der Waals surface area (Å²) < 4.78 is 0. The summed E-state index contributed by atoms with van der Waals surface area (Å²) in [5.41, 5.74) is 7.17. The molecule has 0 spiro atoms. The van der Waals surface area contributed by atoms with Crippen LogP contribution < -0.4 is 16.4 Å². The number of halogens is 1. The highest BCUT2D eigenvalue weighted by atomic mass is 35.5. The number of aromatic nitrogens is 1. The predicted octanol–water partition coefficient (Wildman–Crippen LogP) is 1.22. The molecule has 1 heterocycles. The average Bonchev–Trinajstić information content (AvgIpc) is 2.83. The lowest BCUT2D eigenvalue weighted by Crippen LogP contribution is -2.36. The van der Waals surface area contributed by atoms with Crippen LogP contribution in [-0.4, -0.2) is 29.8 Å². The van der Waals surface area contributed by atoms with Crippen molar-refractivity contribution in [3.63, 3.8) is 0 Å². The number of carbonyl (C=O) groups excluding carboxylic acids is 2. The van der Waals surface area contributed by atoms with Gasteiger partial charge < -0.3 is 16.0 Å². The fourth-order valence-corrected chi connectivity index (χ4v) is 1.82. The minimum Gasteiger partial charge on any atom is -0.370 e. The van der Waals surface area contributed by atoms with Crippen molar-refractivity contribution in [2.45, 2.75) is 6.92 Å². The Kier molecular flexibility index (Phi) is 5.31. The van der Waals surface area contributed by atoms with Gasteiger partial charge in [-0.3, -0.25) is 19.9 Å². The van der Waals surface area contributed by atoms with Gasteiger partial charge in [-0.15, -0.1) is 12.4 Å². The highest BCUT2D eigenvalue weighted by Gasteiger charge is 2.12. The number of hydrogen-bond acceptors (Lipinski definition) is 3. The summed E-state index contributed by atoms with van der Waals surface area (Å²) in [5, 5.41) is 5.90. The number of amides is 2. The second-order valence-corrected chi connectivity index (χ2v) is 4.19. The standard InChI is InChI=1S/C13H15N5O2.ClH/c1-7(19)16-9-4-3-5-10-8(9)6-11(17-10)12(20)18-13(14)15-2;/h3-6,17H,1-2H3,(H,16,19)(H3,14,15,18,20);1H. The van der Waals surface area contributed by atoms with Gasteiger partial charge >= 0.3 is 0 Å². The second-order valence-electron chi connectivity index (χ2n) is 4.19. The predicted molar refractivity (Wildman–Crippen MR) is 84.9 cm³/mol. The molecule has 0 bridgehead atoms. The number of aliphatic imine (C=N–C) groups is 1. The van der Waals surface area contributed by atoms with Crippen molar-refractivity contribution in [2.24, 2.45) is 10.7 Å². The number of carbonyl (C=O) groups is 2. The van der Waals surface area contributed by atoms with Gasteiger partial charge in [0.15, 0.2) is 5.96 Å². The van der Waals surface area contributed by atoms with Crippen LogP contribution in [0.15, 0.2) is 29.3 Å². The Balaban J connectivity index is 0.00000220. The Hall–Kier alpha value is -2.54. The third-order valence-corrected chi connectivity index (χ3v) is 2.70. The summed E-state index contributed by atoms with van der Waals surface area (Å²) in [7, 11) is 1.48. The number of fused-ring (bicyclic) bond motifs is 1. The number of hydrogen-bond donors (Lipinski definition) is 4. The normalized spacial score (nSPS) is 10.9. The SMILES string of the molecule is CN=C(N)NC(=O)c1cc2c(NC(C)=O)cccc2[nH]1.Cl. The first-order valence-corrected chi connectivity index (χ1v) is 5.94. The highest BCUT2D eigenvalue weighted by Crippen LogP contribution is 2.24. The molecule has 2 aromatic rings. The molecule has 0 fully saturated rings. The number of guanidine groups is 1. The molecule has 2 rings (SSSR count). The number of anilines is 1. The third-order valence-electron chi connectivity index (χ3n) is 2.70. The first-order valence-electron chi connectivity index (χ1n) is 5.94. The van der Waals surface area contributed by atoms with Crippen molar-refractivity contribution in [3.05, 3.63) is 30.0 Å². The maximum atomic E-state index is 11.9. The second kappa shape index (κ2) is 6.76. The molecule has 0 saturated carbocycles. The zero-order chi connectivity index (χ0) is 14.7. The highest BCUT2D eigenvalue weighted by molar-refractivity contribution is 6.09. The van der Waals surface area contributed by atoms with E-state index in [4.69, 9.17) is 5.73 Å². The molecule has 21 heavy (non-hydrogen) atoms. The lowest BCUT2D eigenvalue weighted by Gasteiger charge is -2.02. The van der Waals surface area contributed by atoms with Gasteiger partial charge in [0.25, 0.3) is 5.91 Å². The van der Waals surface area contributed by atoms with Gasteiger partial charge in [-0.2, -0.15) is 0 Å². The van der Waals surface area contributed by atoms with E-state index in [1.807, 2.05) is 6.07 Å². The van der Waals surface area contributed by atoms with Gasteiger partial charge in [-0.1, -0.05) is 6.07 Å². The fourth-order valence-electron chi connectivity index (χ4n) is 1.82. The van der Waals surface area contributed by atoms with E-state index in [1.54, 1.807) is 18.2 Å². The molecule has 1 aromatic carbocycles. The van der Waals surface area contributed by atoms with E-state index in [0.29, 0.717) is 11.4 Å². The number of rotatable bonds is 2. The molecule has 0 aliphatic rings. The molecule has 0 aliphatic carbocycles. The lowest BCUT2D eigenvalue weighted by atomic mass is 10.2. The van der Waals surface area contributed by atoms with Crippen molar-refractivity contribution in [1.29, 1.82) is 0 Å². The molecule has 0 saturated heterocycles. The number of H-pyrrole nitrogens is 1. The summed E-state index contributed by atoms with van der Waals surface area (Å²) in [5.74, 6) is -0.527. The largest absolute Gasteiger partial charge is 0.370 e. The van der Waals surface area contributed by atoms with Gasteiger partial charge in [-0.05, 0) is 18.2 Å². The van der Waals surface area contributed by atoms with Gasteiger partial charge in [-0.25, -0.2) is 0 Å². The van der Waals surface area contributed by atoms with Crippen molar-refractivity contribution < 1.29 is 9.59 Å². The minimum atomic E-state index is -0.391. The maximum absolute atomic E-state index is 11.9. The van der Waals surface area contributed by atoms with E-state index in [2.05, 4.69) is 20.6 Å². The summed E-state index contributed by atoms with van der Waals surface area (Å²) in [4.78, 5) is 29.7. The third kappa shape index (κ3) is 3.73. The molecule has 2 amide bonds. The van der Waals surface area contributed by atoms with Crippen LogP contribution in [0.2, 0.25) is 0 Å². The molecule has 0 atom stereocenters. The van der Waals surface area contributed by atoms with Crippen LogP contribution in [0.3, 0.4) is 0 Å². The molecule has 7 nitrogen and oxygen atoms in total. The Morgan fingerprint density at radius 2 is 2.05 bits per heavy atom. The smallest absolute Gasteiger partial charge is 0.274 e. The topological polar surface area (TPSA) is 112 Å². The summed E-state index contributed by atoms with van der Waals surface area (Å²) in [6.07, 6.45) is 0. The van der Waals surface area contributed by atoms with E-state index >= 15 is 0 Å². The summed E-state index contributed by atoms with van der Waals surface area (Å²) >= 11 is 0. The lowest BCUT2D eigenvalue weighted by molar-refractivity contribution is -0.114. The van der Waals surface area contributed by atoms with Crippen LogP contribution in [-0.2, 0) is 4.79 Å². The Labute approximate surface area is 127 Å². The minimum absolute atomic E-state index is 0. The quantitative estimate of drug-likeness (QED) is 0.494. The molecular formula is C13H16ClN5O2. The van der Waals surface area contributed by atoms with Crippen LogP contribution >= 0.6 is 12.4 Å². The molecule has 1 aromatic heterocycles. The van der Waals surface area contributed by atoms with Crippen LogP contribution in [0.4, 0.5) is 5.69 Å². The molecule has 8 heteroatoms. The summed E-state index contributed by atoms with van der Waals surface area (Å²) in [6.45, 7) is 1.43. The molecular weight excluding hydrogens is 294 g/mol. The number of benzene rings is 1.